The van der Waals surface area contributed by atoms with Crippen LogP contribution in [0.4, 0.5) is 0 Å². The van der Waals surface area contributed by atoms with Crippen molar-refractivity contribution in [2.45, 2.75) is 45.1 Å². The van der Waals surface area contributed by atoms with Gasteiger partial charge in [-0.3, -0.25) is 19.8 Å². The number of hydrazine groups is 1. The molecule has 3 atom stereocenters. The van der Waals surface area contributed by atoms with Gasteiger partial charge in [-0.05, 0) is 31.4 Å². The average molecular weight is 399 g/mol. The smallest absolute Gasteiger partial charge is 0.279 e. The molecule has 3 amide bonds. The second-order valence-corrected chi connectivity index (χ2v) is 7.42. The lowest BCUT2D eigenvalue weighted by Gasteiger charge is -2.22. The third kappa shape index (κ3) is 3.67. The molecule has 1 aliphatic carbocycles. The van der Waals surface area contributed by atoms with Crippen molar-refractivity contribution in [1.29, 1.82) is 0 Å². The number of amides is 3. The fourth-order valence-electron chi connectivity index (χ4n) is 3.50. The lowest BCUT2D eigenvalue weighted by atomic mass is 9.81. The summed E-state index contributed by atoms with van der Waals surface area (Å²) in [4.78, 5) is 37.5. The second-order valence-electron chi connectivity index (χ2n) is 6.57. The minimum atomic E-state index is -0.908. The number of benzene rings is 1. The zero-order chi connectivity index (χ0) is 18.8. The van der Waals surface area contributed by atoms with Gasteiger partial charge in [-0.2, -0.15) is 5.01 Å². The number of hydrogen-bond donors (Lipinski definition) is 1. The van der Waals surface area contributed by atoms with Crippen LogP contribution in [-0.2, 0) is 14.4 Å². The minimum absolute atomic E-state index is 0.272. The number of halogens is 2. The van der Waals surface area contributed by atoms with Crippen molar-refractivity contribution in [2.75, 3.05) is 0 Å². The van der Waals surface area contributed by atoms with Crippen LogP contribution < -0.4 is 10.2 Å². The van der Waals surface area contributed by atoms with Gasteiger partial charge < -0.3 is 4.74 Å². The maximum absolute atomic E-state index is 12.6. The molecule has 6 nitrogen and oxygen atoms in total. The summed E-state index contributed by atoms with van der Waals surface area (Å²) in [6.45, 7) is 1.76. The number of rotatable bonds is 5. The predicted molar refractivity (Wildman–Crippen MR) is 96.6 cm³/mol. The molecule has 2 aliphatic rings. The molecule has 140 valence electrons. The molecule has 8 heteroatoms. The molecule has 0 unspecified atom stereocenters. The Morgan fingerprint density at radius 3 is 2.42 bits per heavy atom. The van der Waals surface area contributed by atoms with E-state index in [1.54, 1.807) is 19.1 Å². The van der Waals surface area contributed by atoms with Crippen LogP contribution in [0.3, 0.4) is 0 Å². The van der Waals surface area contributed by atoms with E-state index in [0.29, 0.717) is 29.3 Å². The molecule has 1 aromatic rings. The monoisotopic (exact) mass is 398 g/mol. The molecule has 1 aromatic carbocycles. The van der Waals surface area contributed by atoms with Crippen LogP contribution in [-0.4, -0.2) is 28.8 Å². The second kappa shape index (κ2) is 7.84. The Bertz CT molecular complexity index is 716. The molecule has 1 aliphatic heterocycles. The van der Waals surface area contributed by atoms with Crippen molar-refractivity contribution in [3.63, 3.8) is 0 Å². The highest BCUT2D eigenvalue weighted by atomic mass is 35.5. The van der Waals surface area contributed by atoms with Gasteiger partial charge in [-0.15, -0.1) is 0 Å². The van der Waals surface area contributed by atoms with Crippen LogP contribution in [0.1, 0.15) is 39.0 Å². The molecule has 1 saturated carbocycles. The summed E-state index contributed by atoms with van der Waals surface area (Å²) in [5.41, 5.74) is 2.43. The standard InChI is InChI=1S/C18H20Cl2N2O4/c1-2-14(26-15-9-10(19)7-8-13(15)20)16(23)21-22-17(24)11-5-3-4-6-12(11)18(22)25/h7-9,11-12,14H,2-6H2,1H3,(H,21,23)/t11-,12-,14+/m1/s1. The number of carbonyl (C=O) groups is 3. The third-order valence-electron chi connectivity index (χ3n) is 4.89. The molecule has 1 heterocycles. The van der Waals surface area contributed by atoms with Crippen molar-refractivity contribution >= 4 is 40.9 Å². The van der Waals surface area contributed by atoms with Gasteiger partial charge >= 0.3 is 0 Å². The average Bonchev–Trinajstić information content (AvgIpc) is 2.87. The normalized spacial score (nSPS) is 23.6. The van der Waals surface area contributed by atoms with Gasteiger partial charge in [-0.25, -0.2) is 0 Å². The van der Waals surface area contributed by atoms with Crippen molar-refractivity contribution in [3.8, 4) is 5.75 Å². The van der Waals surface area contributed by atoms with E-state index >= 15 is 0 Å². The summed E-state index contributed by atoms with van der Waals surface area (Å²) < 4.78 is 5.66. The summed E-state index contributed by atoms with van der Waals surface area (Å²) in [5.74, 6) is -1.59. The van der Waals surface area contributed by atoms with Gasteiger partial charge in [0, 0.05) is 11.1 Å². The fourth-order valence-corrected chi connectivity index (χ4v) is 3.82. The number of carbonyl (C=O) groups excluding carboxylic acids is 3. The molecule has 2 fully saturated rings. The summed E-state index contributed by atoms with van der Waals surface area (Å²) in [5, 5.41) is 1.61. The van der Waals surface area contributed by atoms with Crippen molar-refractivity contribution in [1.82, 2.24) is 10.4 Å². The van der Waals surface area contributed by atoms with E-state index in [0.717, 1.165) is 17.9 Å². The molecule has 0 aromatic heterocycles. The van der Waals surface area contributed by atoms with Crippen molar-refractivity contribution in [3.05, 3.63) is 28.2 Å². The lowest BCUT2D eigenvalue weighted by molar-refractivity contribution is -0.151. The van der Waals surface area contributed by atoms with E-state index in [1.165, 1.54) is 6.07 Å². The predicted octanol–water partition coefficient (Wildman–Crippen LogP) is 3.36. The fraction of sp³-hybridized carbons (Fsp3) is 0.500. The highest BCUT2D eigenvalue weighted by molar-refractivity contribution is 6.34. The van der Waals surface area contributed by atoms with Crippen LogP contribution in [0.5, 0.6) is 5.75 Å². The minimum Gasteiger partial charge on any atom is -0.479 e. The van der Waals surface area contributed by atoms with E-state index < -0.39 is 12.0 Å². The molecule has 0 spiro atoms. The van der Waals surface area contributed by atoms with Gasteiger partial charge in [0.05, 0.1) is 16.9 Å². The number of hydrogen-bond acceptors (Lipinski definition) is 4. The van der Waals surface area contributed by atoms with Gasteiger partial charge in [0.25, 0.3) is 17.7 Å². The molecule has 1 saturated heterocycles. The maximum atomic E-state index is 12.6. The van der Waals surface area contributed by atoms with Crippen LogP contribution >= 0.6 is 23.2 Å². The van der Waals surface area contributed by atoms with Gasteiger partial charge in [0.1, 0.15) is 5.75 Å². The summed E-state index contributed by atoms with van der Waals surface area (Å²) >= 11 is 12.0. The molecular formula is C18H20Cl2N2O4. The van der Waals surface area contributed by atoms with Gasteiger partial charge in [0.2, 0.25) is 0 Å². The van der Waals surface area contributed by atoms with E-state index in [1.807, 2.05) is 0 Å². The summed E-state index contributed by atoms with van der Waals surface area (Å²) in [6.07, 6.45) is 2.65. The van der Waals surface area contributed by atoms with Crippen LogP contribution in [0.15, 0.2) is 18.2 Å². The number of imide groups is 1. The highest BCUT2D eigenvalue weighted by Gasteiger charge is 2.49. The van der Waals surface area contributed by atoms with Crippen molar-refractivity contribution < 1.29 is 19.1 Å². The highest BCUT2D eigenvalue weighted by Crippen LogP contribution is 2.37. The molecule has 0 radical (unpaired) electrons. The Morgan fingerprint density at radius 1 is 1.23 bits per heavy atom. The van der Waals surface area contributed by atoms with Gasteiger partial charge in [-0.1, -0.05) is 43.0 Å². The Morgan fingerprint density at radius 2 is 1.85 bits per heavy atom. The van der Waals surface area contributed by atoms with E-state index in [2.05, 4.69) is 5.43 Å². The Labute approximate surface area is 161 Å². The lowest BCUT2D eigenvalue weighted by Crippen LogP contribution is -2.51. The first-order chi connectivity index (χ1) is 12.4. The number of nitrogens with one attached hydrogen (secondary N) is 1. The topological polar surface area (TPSA) is 75.7 Å². The Kier molecular flexibility index (Phi) is 5.73. The van der Waals surface area contributed by atoms with Crippen LogP contribution in [0, 0.1) is 11.8 Å². The Balaban J connectivity index is 1.70. The van der Waals surface area contributed by atoms with Crippen LogP contribution in [0.25, 0.3) is 0 Å². The summed E-state index contributed by atoms with van der Waals surface area (Å²) in [7, 11) is 0. The molecule has 3 rings (SSSR count). The molecular weight excluding hydrogens is 379 g/mol. The maximum Gasteiger partial charge on any atom is 0.279 e. The zero-order valence-electron chi connectivity index (χ0n) is 14.3. The number of fused-ring (bicyclic) bond motifs is 1. The SMILES string of the molecule is CC[C@H](Oc1cc(Cl)ccc1Cl)C(=O)NN1C(=O)[C@@H]2CCCC[C@H]2C1=O. The molecule has 1 N–H and O–H groups in total. The number of nitrogens with zero attached hydrogens (tertiary/aromatic N) is 1. The van der Waals surface area contributed by atoms with Crippen LogP contribution in [0.2, 0.25) is 10.0 Å². The third-order valence-corrected chi connectivity index (χ3v) is 5.44. The zero-order valence-corrected chi connectivity index (χ0v) is 15.8. The van der Waals surface area contributed by atoms with E-state index in [-0.39, 0.29) is 29.4 Å². The first-order valence-corrected chi connectivity index (χ1v) is 9.48. The van der Waals surface area contributed by atoms with Crippen molar-refractivity contribution in [2.24, 2.45) is 11.8 Å². The van der Waals surface area contributed by atoms with Gasteiger partial charge in [0.15, 0.2) is 6.10 Å². The first kappa shape index (κ1) is 19.0. The quantitative estimate of drug-likeness (QED) is 0.771. The molecule has 26 heavy (non-hydrogen) atoms. The Hall–Kier alpha value is -1.79. The summed E-state index contributed by atoms with van der Waals surface area (Å²) in [6, 6.07) is 4.70. The molecule has 0 bridgehead atoms. The first-order valence-electron chi connectivity index (χ1n) is 8.72. The number of ether oxygens (including phenoxy) is 1. The van der Waals surface area contributed by atoms with E-state index in [4.69, 9.17) is 27.9 Å². The van der Waals surface area contributed by atoms with E-state index in [9.17, 15) is 14.4 Å². The largest absolute Gasteiger partial charge is 0.479 e.